The van der Waals surface area contributed by atoms with Crippen molar-refractivity contribution in [2.45, 2.75) is 45.7 Å². The van der Waals surface area contributed by atoms with Crippen molar-refractivity contribution in [1.82, 2.24) is 31.0 Å². The number of nitrogens with zero attached hydrogens (tertiary/aromatic N) is 4. The molecular weight excluding hydrogens is 473 g/mol. The molecule has 0 bridgehead atoms. The largest absolute Gasteiger partial charge is 0.461 e. The zero-order valence-electron chi connectivity index (χ0n) is 16.2. The van der Waals surface area contributed by atoms with Gasteiger partial charge in [0.15, 0.2) is 17.5 Å². The van der Waals surface area contributed by atoms with Gasteiger partial charge in [-0.3, -0.25) is 10.1 Å². The number of hydrogen-bond donors (Lipinski definition) is 3. The molecule has 3 N–H and O–H groups in total. The first kappa shape index (κ1) is 21.9. The van der Waals surface area contributed by atoms with Gasteiger partial charge in [-0.1, -0.05) is 19.0 Å². The summed E-state index contributed by atoms with van der Waals surface area (Å²) in [5.74, 6) is 3.68. The van der Waals surface area contributed by atoms with Crippen LogP contribution in [0.1, 0.15) is 49.9 Å². The fourth-order valence-corrected chi connectivity index (χ4v) is 2.76. The molecule has 0 aromatic carbocycles. The summed E-state index contributed by atoms with van der Waals surface area (Å²) >= 11 is 0. The Labute approximate surface area is 180 Å². The standard InChI is InChI=1S/C18H25N7O2.HI/c1-4-12(5-2)14-9-13(27-25-14)10-20-18(19-3)21-11-16-22-17(24-23-16)15-7-6-8-26-15;/h6-9,12H,4-5,10-11H2,1-3H3,(H2,19,20,21)(H,22,23,24);1H. The molecular formula is C18H26IN7O2. The van der Waals surface area contributed by atoms with Crippen molar-refractivity contribution in [3.63, 3.8) is 0 Å². The Morgan fingerprint density at radius 2 is 2.04 bits per heavy atom. The molecule has 0 aliphatic heterocycles. The normalized spacial score (nSPS) is 11.5. The van der Waals surface area contributed by atoms with E-state index in [1.54, 1.807) is 19.4 Å². The maximum atomic E-state index is 5.42. The second-order valence-electron chi connectivity index (χ2n) is 6.09. The highest BCUT2D eigenvalue weighted by molar-refractivity contribution is 14.0. The third-order valence-corrected chi connectivity index (χ3v) is 4.33. The number of rotatable bonds is 8. The second-order valence-corrected chi connectivity index (χ2v) is 6.09. The highest BCUT2D eigenvalue weighted by Gasteiger charge is 2.13. The van der Waals surface area contributed by atoms with Crippen molar-refractivity contribution >= 4 is 29.9 Å². The number of nitrogens with one attached hydrogen (secondary N) is 3. The minimum atomic E-state index is 0. The van der Waals surface area contributed by atoms with Crippen molar-refractivity contribution in [1.29, 1.82) is 0 Å². The summed E-state index contributed by atoms with van der Waals surface area (Å²) in [5, 5.41) is 17.6. The highest BCUT2D eigenvalue weighted by atomic mass is 127. The Morgan fingerprint density at radius 3 is 2.71 bits per heavy atom. The number of H-pyrrole nitrogens is 1. The van der Waals surface area contributed by atoms with E-state index in [4.69, 9.17) is 8.94 Å². The van der Waals surface area contributed by atoms with Crippen LogP contribution in [0.3, 0.4) is 0 Å². The van der Waals surface area contributed by atoms with E-state index in [-0.39, 0.29) is 24.0 Å². The first-order valence-corrected chi connectivity index (χ1v) is 9.08. The van der Waals surface area contributed by atoms with Crippen LogP contribution in [0, 0.1) is 0 Å². The van der Waals surface area contributed by atoms with E-state index in [0.29, 0.717) is 42.4 Å². The van der Waals surface area contributed by atoms with Crippen LogP contribution in [0.4, 0.5) is 0 Å². The van der Waals surface area contributed by atoms with E-state index in [2.05, 4.69) is 49.8 Å². The number of aliphatic imine (C=N–C) groups is 1. The van der Waals surface area contributed by atoms with Crippen LogP contribution in [0.25, 0.3) is 11.6 Å². The van der Waals surface area contributed by atoms with Gasteiger partial charge < -0.3 is 19.6 Å². The van der Waals surface area contributed by atoms with E-state index in [9.17, 15) is 0 Å². The fraction of sp³-hybridized carbons (Fsp3) is 0.444. The molecule has 10 heteroatoms. The third kappa shape index (κ3) is 5.57. The minimum absolute atomic E-state index is 0. The number of furan rings is 1. The van der Waals surface area contributed by atoms with Crippen molar-refractivity contribution < 1.29 is 8.94 Å². The molecule has 0 spiro atoms. The van der Waals surface area contributed by atoms with Crippen LogP contribution in [-0.2, 0) is 13.1 Å². The molecule has 0 aliphatic rings. The molecule has 0 aliphatic carbocycles. The molecule has 0 unspecified atom stereocenters. The van der Waals surface area contributed by atoms with Crippen molar-refractivity contribution in [3.05, 3.63) is 41.7 Å². The summed E-state index contributed by atoms with van der Waals surface area (Å²) in [6.45, 7) is 5.27. The van der Waals surface area contributed by atoms with Gasteiger partial charge in [0.2, 0.25) is 5.82 Å². The van der Waals surface area contributed by atoms with Crippen molar-refractivity contribution in [3.8, 4) is 11.6 Å². The summed E-state index contributed by atoms with van der Waals surface area (Å²) in [7, 11) is 1.71. The SMILES string of the molecule is CCC(CC)c1cc(CNC(=NC)NCc2nc(-c3ccco3)n[nH]2)on1.I. The zero-order valence-corrected chi connectivity index (χ0v) is 18.6. The monoisotopic (exact) mass is 499 g/mol. The predicted molar refractivity (Wildman–Crippen MR) is 116 cm³/mol. The molecule has 0 radical (unpaired) electrons. The number of hydrogen-bond acceptors (Lipinski definition) is 6. The number of aromatic amines is 1. The van der Waals surface area contributed by atoms with Crippen LogP contribution in [0.2, 0.25) is 0 Å². The van der Waals surface area contributed by atoms with Gasteiger partial charge in [-0.05, 0) is 25.0 Å². The quantitative estimate of drug-likeness (QED) is 0.247. The van der Waals surface area contributed by atoms with E-state index >= 15 is 0 Å². The van der Waals surface area contributed by atoms with Gasteiger partial charge in [0.25, 0.3) is 0 Å². The Hall–Kier alpha value is -2.37. The Kier molecular flexibility index (Phi) is 8.48. The first-order chi connectivity index (χ1) is 13.2. The van der Waals surface area contributed by atoms with Crippen molar-refractivity contribution in [2.75, 3.05) is 7.05 Å². The zero-order chi connectivity index (χ0) is 19.1. The molecule has 0 amide bonds. The summed E-state index contributed by atoms with van der Waals surface area (Å²) < 4.78 is 10.7. The molecule has 152 valence electrons. The van der Waals surface area contributed by atoms with Crippen molar-refractivity contribution in [2.24, 2.45) is 4.99 Å². The average molecular weight is 499 g/mol. The van der Waals surface area contributed by atoms with Gasteiger partial charge >= 0.3 is 0 Å². The molecule has 3 aromatic heterocycles. The molecule has 0 fully saturated rings. The lowest BCUT2D eigenvalue weighted by atomic mass is 9.99. The molecule has 0 saturated heterocycles. The summed E-state index contributed by atoms with van der Waals surface area (Å²) in [6, 6.07) is 5.62. The van der Waals surface area contributed by atoms with Crippen LogP contribution in [0.15, 0.2) is 38.4 Å². The van der Waals surface area contributed by atoms with Gasteiger partial charge in [-0.15, -0.1) is 29.1 Å². The Bertz CT molecular complexity index is 853. The fourth-order valence-electron chi connectivity index (χ4n) is 2.76. The first-order valence-electron chi connectivity index (χ1n) is 9.08. The molecule has 28 heavy (non-hydrogen) atoms. The van der Waals surface area contributed by atoms with E-state index in [0.717, 1.165) is 24.3 Å². The Balaban J connectivity index is 0.00000280. The van der Waals surface area contributed by atoms with Gasteiger partial charge in [0, 0.05) is 19.0 Å². The lowest BCUT2D eigenvalue weighted by Crippen LogP contribution is -2.36. The molecule has 3 heterocycles. The molecule has 3 aromatic rings. The van der Waals surface area contributed by atoms with Crippen LogP contribution in [0.5, 0.6) is 0 Å². The maximum absolute atomic E-state index is 5.42. The number of halogens is 1. The maximum Gasteiger partial charge on any atom is 0.216 e. The van der Waals surface area contributed by atoms with E-state index in [1.807, 2.05) is 12.1 Å². The van der Waals surface area contributed by atoms with E-state index < -0.39 is 0 Å². The van der Waals surface area contributed by atoms with Gasteiger partial charge in [-0.25, -0.2) is 4.98 Å². The van der Waals surface area contributed by atoms with Gasteiger partial charge in [0.1, 0.15) is 5.82 Å². The summed E-state index contributed by atoms with van der Waals surface area (Å²) in [6.07, 6.45) is 3.69. The number of aromatic nitrogens is 4. The molecule has 3 rings (SSSR count). The third-order valence-electron chi connectivity index (χ3n) is 4.33. The van der Waals surface area contributed by atoms with Crippen LogP contribution in [-0.4, -0.2) is 33.3 Å². The summed E-state index contributed by atoms with van der Waals surface area (Å²) in [4.78, 5) is 8.59. The lowest BCUT2D eigenvalue weighted by molar-refractivity contribution is 0.368. The average Bonchev–Trinajstić information content (AvgIpc) is 3.44. The lowest BCUT2D eigenvalue weighted by Gasteiger charge is -2.09. The molecule has 0 atom stereocenters. The number of guanidine groups is 1. The topological polar surface area (TPSA) is 117 Å². The molecule has 9 nitrogen and oxygen atoms in total. The smallest absolute Gasteiger partial charge is 0.216 e. The Morgan fingerprint density at radius 1 is 1.25 bits per heavy atom. The van der Waals surface area contributed by atoms with E-state index in [1.165, 1.54) is 0 Å². The minimum Gasteiger partial charge on any atom is -0.461 e. The van der Waals surface area contributed by atoms with Crippen LogP contribution >= 0.6 is 24.0 Å². The predicted octanol–water partition coefficient (Wildman–Crippen LogP) is 3.44. The van der Waals surface area contributed by atoms with Gasteiger partial charge in [0.05, 0.1) is 25.0 Å². The van der Waals surface area contributed by atoms with Crippen LogP contribution < -0.4 is 10.6 Å². The highest BCUT2D eigenvalue weighted by Crippen LogP contribution is 2.22. The van der Waals surface area contributed by atoms with Gasteiger partial charge in [-0.2, -0.15) is 0 Å². The molecule has 0 saturated carbocycles. The summed E-state index contributed by atoms with van der Waals surface area (Å²) in [5.41, 5.74) is 1.01. The second kappa shape index (κ2) is 10.8.